The molecule has 16 heteroatoms. The van der Waals surface area contributed by atoms with E-state index in [4.69, 9.17) is 14.2 Å². The van der Waals surface area contributed by atoms with Crippen LogP contribution in [0.4, 0.5) is 29.9 Å². The highest BCUT2D eigenvalue weighted by molar-refractivity contribution is 8.45. The average Bonchev–Trinajstić information content (AvgIpc) is 3.33. The van der Waals surface area contributed by atoms with E-state index in [-0.39, 0.29) is 41.8 Å². The van der Waals surface area contributed by atoms with E-state index in [9.17, 15) is 33.8 Å². The van der Waals surface area contributed by atoms with Gasteiger partial charge in [0, 0.05) is 50.3 Å². The van der Waals surface area contributed by atoms with E-state index >= 15 is 0 Å². The smallest absolute Gasteiger partial charge is 0.411 e. The predicted octanol–water partition coefficient (Wildman–Crippen LogP) is 5.70. The molecule has 5 rings (SSSR count). The first-order valence-electron chi connectivity index (χ1n) is 14.2. The Morgan fingerprint density at radius 1 is 1.07 bits per heavy atom. The molecule has 0 bridgehead atoms. The number of amides is 3. The fourth-order valence-corrected chi connectivity index (χ4v) is 6.41. The number of hydrogen-bond acceptors (Lipinski definition) is 7. The van der Waals surface area contributed by atoms with Crippen molar-refractivity contribution in [3.05, 3.63) is 54.4 Å². The van der Waals surface area contributed by atoms with Crippen molar-refractivity contribution < 1.29 is 48.0 Å². The van der Waals surface area contributed by atoms with Gasteiger partial charge in [-0.25, -0.2) is 4.79 Å². The van der Waals surface area contributed by atoms with Gasteiger partial charge < -0.3 is 19.1 Å². The molecule has 248 valence electrons. The Bertz CT molecular complexity index is 1460. The zero-order valence-electron chi connectivity index (χ0n) is 25.1. The summed E-state index contributed by atoms with van der Waals surface area (Å²) in [6, 6.07) is 2.14. The largest absolute Gasteiger partial charge is 0.444 e. The summed E-state index contributed by atoms with van der Waals surface area (Å²) in [4.78, 5) is 47.5. The number of halogens is 5. The minimum absolute atomic E-state index is 0.0211. The SMILES string of the molecule is CO[C@@H]1C[C@H](C(=O)N(c2ccc(S(F)(F)(F)(F)F)cc2)C(C(=O)N2CC3(COC3)C2)c2cccnc2)N(C(=O)OC(C)(C)C)C1. The Kier molecular flexibility index (Phi) is 7.69. The lowest BCUT2D eigenvalue weighted by Gasteiger charge is -2.56. The number of rotatable bonds is 7. The molecule has 1 spiro atoms. The van der Waals surface area contributed by atoms with Crippen molar-refractivity contribution in [3.63, 3.8) is 0 Å². The molecule has 0 radical (unpaired) electrons. The summed E-state index contributed by atoms with van der Waals surface area (Å²) in [5.41, 5.74) is -1.18. The molecule has 3 aliphatic rings. The zero-order chi connectivity index (χ0) is 33.1. The number of pyridine rings is 1. The van der Waals surface area contributed by atoms with Gasteiger partial charge in [-0.3, -0.25) is 24.4 Å². The summed E-state index contributed by atoms with van der Waals surface area (Å²) in [6.45, 7) is 6.45. The molecule has 3 atom stereocenters. The van der Waals surface area contributed by atoms with Gasteiger partial charge in [-0.05, 0) is 51.1 Å². The third-order valence-electron chi connectivity index (χ3n) is 7.98. The summed E-state index contributed by atoms with van der Waals surface area (Å²) in [5.74, 6) is -1.40. The molecule has 10 nitrogen and oxygen atoms in total. The number of benzene rings is 1. The third kappa shape index (κ3) is 6.87. The monoisotopic (exact) mass is 662 g/mol. The number of hydrogen-bond donors (Lipinski definition) is 0. The Hall–Kier alpha value is -3.50. The van der Waals surface area contributed by atoms with Crippen LogP contribution in [0.3, 0.4) is 0 Å². The second-order valence-corrected chi connectivity index (χ2v) is 15.2. The van der Waals surface area contributed by atoms with Crippen molar-refractivity contribution in [1.82, 2.24) is 14.8 Å². The maximum absolute atomic E-state index is 14.6. The minimum Gasteiger partial charge on any atom is -0.444 e. The summed E-state index contributed by atoms with van der Waals surface area (Å²) in [7, 11) is -8.66. The first kappa shape index (κ1) is 32.9. The molecule has 1 aromatic carbocycles. The number of likely N-dealkylation sites (tertiary alicyclic amines) is 2. The molecule has 0 aliphatic carbocycles. The van der Waals surface area contributed by atoms with E-state index in [1.165, 1.54) is 36.5 Å². The van der Waals surface area contributed by atoms with Crippen LogP contribution in [0.25, 0.3) is 0 Å². The molecule has 1 aromatic heterocycles. The highest BCUT2D eigenvalue weighted by atomic mass is 32.5. The number of carbonyl (C=O) groups excluding carboxylic acids is 3. The summed E-state index contributed by atoms with van der Waals surface area (Å²) < 4.78 is 84.4. The van der Waals surface area contributed by atoms with Crippen LogP contribution in [-0.2, 0) is 23.8 Å². The summed E-state index contributed by atoms with van der Waals surface area (Å²) in [6.07, 6.45) is 1.31. The van der Waals surface area contributed by atoms with Crippen LogP contribution in [-0.4, -0.2) is 90.4 Å². The lowest BCUT2D eigenvalue weighted by atomic mass is 9.77. The zero-order valence-corrected chi connectivity index (χ0v) is 25.9. The Morgan fingerprint density at radius 3 is 2.20 bits per heavy atom. The molecule has 3 fully saturated rings. The van der Waals surface area contributed by atoms with E-state index in [1.54, 1.807) is 20.8 Å². The van der Waals surface area contributed by atoms with Gasteiger partial charge in [0.1, 0.15) is 22.6 Å². The molecule has 3 amide bonds. The first-order valence-corrected chi connectivity index (χ1v) is 16.1. The molecule has 1 unspecified atom stereocenters. The molecule has 0 N–H and O–H groups in total. The Morgan fingerprint density at radius 2 is 1.71 bits per heavy atom. The fourth-order valence-electron chi connectivity index (χ4n) is 5.76. The van der Waals surface area contributed by atoms with E-state index in [2.05, 4.69) is 4.98 Å². The lowest BCUT2D eigenvalue weighted by molar-refractivity contribution is -0.196. The van der Waals surface area contributed by atoms with E-state index in [0.717, 1.165) is 21.9 Å². The van der Waals surface area contributed by atoms with Crippen LogP contribution in [0.15, 0.2) is 53.7 Å². The van der Waals surface area contributed by atoms with Crippen molar-refractivity contribution in [2.45, 2.75) is 55.9 Å². The number of nitrogens with zero attached hydrogens (tertiary/aromatic N) is 4. The van der Waals surface area contributed by atoms with E-state index in [1.807, 2.05) is 0 Å². The van der Waals surface area contributed by atoms with Crippen molar-refractivity contribution in [2.24, 2.45) is 5.41 Å². The predicted molar refractivity (Wildman–Crippen MR) is 154 cm³/mol. The van der Waals surface area contributed by atoms with Gasteiger partial charge >= 0.3 is 16.3 Å². The van der Waals surface area contributed by atoms with Gasteiger partial charge in [0.25, 0.3) is 11.8 Å². The second kappa shape index (κ2) is 10.5. The van der Waals surface area contributed by atoms with Crippen molar-refractivity contribution in [2.75, 3.05) is 44.9 Å². The maximum atomic E-state index is 14.6. The molecule has 0 saturated carbocycles. The Balaban J connectivity index is 1.60. The molecular weight excluding hydrogens is 627 g/mol. The number of ether oxygens (including phenoxy) is 3. The molecule has 3 aliphatic heterocycles. The van der Waals surface area contributed by atoms with Crippen molar-refractivity contribution in [3.8, 4) is 0 Å². The molecule has 4 heterocycles. The van der Waals surface area contributed by atoms with Crippen LogP contribution >= 0.6 is 10.2 Å². The quantitative estimate of drug-likeness (QED) is 0.351. The molecule has 45 heavy (non-hydrogen) atoms. The summed E-state index contributed by atoms with van der Waals surface area (Å²) >= 11 is 0. The molecule has 2 aromatic rings. The van der Waals surface area contributed by atoms with Crippen molar-refractivity contribution >= 4 is 33.8 Å². The van der Waals surface area contributed by atoms with Crippen LogP contribution in [0.1, 0.15) is 38.8 Å². The van der Waals surface area contributed by atoms with Gasteiger partial charge in [-0.15, -0.1) is 0 Å². The third-order valence-corrected chi connectivity index (χ3v) is 9.14. The maximum Gasteiger partial charge on any atom is 0.411 e. The first-order chi connectivity index (χ1) is 20.7. The number of carbonyl (C=O) groups is 3. The second-order valence-electron chi connectivity index (χ2n) is 12.8. The van der Waals surface area contributed by atoms with Gasteiger partial charge in [-0.1, -0.05) is 25.5 Å². The highest BCUT2D eigenvalue weighted by Gasteiger charge is 2.65. The van der Waals surface area contributed by atoms with Gasteiger partial charge in [0.15, 0.2) is 0 Å². The normalized spacial score (nSPS) is 23.3. The standard InChI is InChI=1S/C29H35F5N4O6S/c1-28(2,3)44-27(41)37-14-21(42-4)12-23(37)25(39)38(20-7-9-22(10-8-20)45(30,31,32,33)34)24(19-6-5-11-35-13-19)26(40)36-15-29(16-36)17-43-18-29/h5-11,13,21,23-24H,12,14-18H2,1-4H3/t21-,23-,24?/m1/s1. The average molecular weight is 663 g/mol. The van der Waals surface area contributed by atoms with E-state index in [0.29, 0.717) is 26.3 Å². The van der Waals surface area contributed by atoms with Gasteiger partial charge in [0.05, 0.1) is 31.3 Å². The fraction of sp³-hybridized carbons (Fsp3) is 0.517. The number of aromatic nitrogens is 1. The number of anilines is 1. The van der Waals surface area contributed by atoms with Crippen LogP contribution in [0, 0.1) is 5.41 Å². The van der Waals surface area contributed by atoms with Gasteiger partial charge in [0.2, 0.25) is 0 Å². The van der Waals surface area contributed by atoms with Crippen molar-refractivity contribution in [1.29, 1.82) is 0 Å². The Labute approximate surface area is 257 Å². The van der Waals surface area contributed by atoms with Crippen LogP contribution in [0.5, 0.6) is 0 Å². The summed E-state index contributed by atoms with van der Waals surface area (Å²) in [5, 5.41) is 0. The van der Waals surface area contributed by atoms with Crippen LogP contribution < -0.4 is 4.90 Å². The topological polar surface area (TPSA) is 102 Å². The highest BCUT2D eigenvalue weighted by Crippen LogP contribution is 3.02. The van der Waals surface area contributed by atoms with Gasteiger partial charge in [-0.2, -0.15) is 0 Å². The number of methoxy groups -OCH3 is 1. The minimum atomic E-state index is -10.1. The molecular formula is C29H35F5N4O6S. The molecule has 3 saturated heterocycles. The van der Waals surface area contributed by atoms with E-state index < -0.39 is 56.8 Å². The van der Waals surface area contributed by atoms with Crippen LogP contribution in [0.2, 0.25) is 0 Å². The lowest BCUT2D eigenvalue weighted by Crippen LogP contribution is -2.68.